The predicted molar refractivity (Wildman–Crippen MR) is 78.5 cm³/mol. The van der Waals surface area contributed by atoms with E-state index in [4.69, 9.17) is 0 Å². The molecule has 0 fully saturated rings. The Balaban J connectivity index is 1.98. The van der Waals surface area contributed by atoms with Gasteiger partial charge in [0.1, 0.15) is 5.75 Å². The zero-order chi connectivity index (χ0) is 15.2. The Morgan fingerprint density at radius 1 is 1.00 bits per heavy atom. The maximum atomic E-state index is 11.8. The first-order chi connectivity index (χ1) is 10.1. The molecule has 2 rings (SSSR count). The van der Waals surface area contributed by atoms with Gasteiger partial charge in [0.2, 0.25) is 0 Å². The minimum atomic E-state index is -0.452. The van der Waals surface area contributed by atoms with Crippen molar-refractivity contribution in [3.8, 4) is 5.75 Å². The molecule has 0 aromatic heterocycles. The van der Waals surface area contributed by atoms with Crippen molar-refractivity contribution in [1.82, 2.24) is 0 Å². The molecule has 0 heterocycles. The quantitative estimate of drug-likeness (QED) is 0.757. The molecule has 0 radical (unpaired) electrons. The van der Waals surface area contributed by atoms with Crippen molar-refractivity contribution < 1.29 is 19.4 Å². The van der Waals surface area contributed by atoms with Gasteiger partial charge < -0.3 is 20.5 Å². The molecule has 0 spiro atoms. The Hall–Kier alpha value is -3.02. The second-order valence-corrected chi connectivity index (χ2v) is 4.20. The number of rotatable bonds is 3. The minimum Gasteiger partial charge on any atom is -0.508 e. The Morgan fingerprint density at radius 3 is 2.29 bits per heavy atom. The summed E-state index contributed by atoms with van der Waals surface area (Å²) in [5, 5.41) is 14.5. The lowest BCUT2D eigenvalue weighted by molar-refractivity contribution is 0.0600. The molecule has 0 bridgehead atoms. The molecule has 0 aliphatic heterocycles. The highest BCUT2D eigenvalue weighted by atomic mass is 16.5. The lowest BCUT2D eigenvalue weighted by Crippen LogP contribution is -2.19. The molecule has 0 saturated carbocycles. The topological polar surface area (TPSA) is 87.7 Å². The van der Waals surface area contributed by atoms with Crippen LogP contribution in [0.2, 0.25) is 0 Å². The third kappa shape index (κ3) is 3.97. The Kier molecular flexibility index (Phi) is 4.40. The lowest BCUT2D eigenvalue weighted by Gasteiger charge is -2.08. The van der Waals surface area contributed by atoms with Crippen molar-refractivity contribution in [3.63, 3.8) is 0 Å². The zero-order valence-corrected chi connectivity index (χ0v) is 11.3. The van der Waals surface area contributed by atoms with E-state index in [0.29, 0.717) is 16.9 Å². The van der Waals surface area contributed by atoms with Gasteiger partial charge >= 0.3 is 12.0 Å². The summed E-state index contributed by atoms with van der Waals surface area (Å²) in [5.74, 6) is -0.374. The number of methoxy groups -OCH3 is 1. The minimum absolute atomic E-state index is 0.0650. The van der Waals surface area contributed by atoms with Crippen LogP contribution >= 0.6 is 0 Å². The van der Waals surface area contributed by atoms with Crippen LogP contribution in [-0.2, 0) is 4.74 Å². The fourth-order valence-corrected chi connectivity index (χ4v) is 1.68. The number of nitrogens with one attached hydrogen (secondary N) is 2. The van der Waals surface area contributed by atoms with E-state index in [2.05, 4.69) is 15.4 Å². The SMILES string of the molecule is COC(=O)c1ccc(NC(=O)Nc2cccc(O)c2)cc1. The third-order valence-electron chi connectivity index (χ3n) is 2.67. The number of urea groups is 1. The normalized spacial score (nSPS) is 9.76. The van der Waals surface area contributed by atoms with Crippen LogP contribution in [0.25, 0.3) is 0 Å². The molecule has 6 nitrogen and oxygen atoms in total. The number of hydrogen-bond acceptors (Lipinski definition) is 4. The number of ether oxygens (including phenoxy) is 1. The number of hydrogen-bond donors (Lipinski definition) is 3. The maximum Gasteiger partial charge on any atom is 0.337 e. The van der Waals surface area contributed by atoms with Gasteiger partial charge in [0, 0.05) is 17.4 Å². The van der Waals surface area contributed by atoms with Crippen LogP contribution < -0.4 is 10.6 Å². The van der Waals surface area contributed by atoms with Gasteiger partial charge in [-0.15, -0.1) is 0 Å². The van der Waals surface area contributed by atoms with Crippen LogP contribution in [0.15, 0.2) is 48.5 Å². The van der Waals surface area contributed by atoms with E-state index < -0.39 is 12.0 Å². The van der Waals surface area contributed by atoms with E-state index in [9.17, 15) is 14.7 Å². The van der Waals surface area contributed by atoms with Gasteiger partial charge in [0.05, 0.1) is 12.7 Å². The first-order valence-electron chi connectivity index (χ1n) is 6.14. The van der Waals surface area contributed by atoms with Crippen LogP contribution in [0.1, 0.15) is 10.4 Å². The van der Waals surface area contributed by atoms with E-state index >= 15 is 0 Å². The van der Waals surface area contributed by atoms with Crippen LogP contribution in [0, 0.1) is 0 Å². The average molecular weight is 286 g/mol. The van der Waals surface area contributed by atoms with Crippen LogP contribution in [0.4, 0.5) is 16.2 Å². The predicted octanol–water partition coefficient (Wildman–Crippen LogP) is 2.82. The van der Waals surface area contributed by atoms with E-state index in [-0.39, 0.29) is 5.75 Å². The van der Waals surface area contributed by atoms with Crippen molar-refractivity contribution in [2.24, 2.45) is 0 Å². The number of phenolic OH excluding ortho intramolecular Hbond substituents is 1. The Labute approximate surface area is 121 Å². The number of anilines is 2. The molecule has 2 aromatic rings. The molecule has 108 valence electrons. The van der Waals surface area contributed by atoms with Gasteiger partial charge in [-0.2, -0.15) is 0 Å². The highest BCUT2D eigenvalue weighted by Crippen LogP contribution is 2.16. The molecule has 3 N–H and O–H groups in total. The largest absolute Gasteiger partial charge is 0.508 e. The molecular formula is C15H14N2O4. The highest BCUT2D eigenvalue weighted by Gasteiger charge is 2.06. The number of esters is 1. The summed E-state index contributed by atoms with van der Waals surface area (Å²) in [6, 6.07) is 12.0. The van der Waals surface area contributed by atoms with Gasteiger partial charge in [-0.3, -0.25) is 0 Å². The number of amides is 2. The first-order valence-corrected chi connectivity index (χ1v) is 6.14. The number of carbonyl (C=O) groups excluding carboxylic acids is 2. The summed E-state index contributed by atoms with van der Waals surface area (Å²) in [7, 11) is 1.30. The molecule has 2 aromatic carbocycles. The van der Waals surface area contributed by atoms with E-state index in [1.807, 2.05) is 0 Å². The van der Waals surface area contributed by atoms with Crippen LogP contribution in [-0.4, -0.2) is 24.2 Å². The van der Waals surface area contributed by atoms with Crippen molar-refractivity contribution >= 4 is 23.4 Å². The highest BCUT2D eigenvalue weighted by molar-refractivity contribution is 6.00. The van der Waals surface area contributed by atoms with Gasteiger partial charge in [-0.1, -0.05) is 6.07 Å². The lowest BCUT2D eigenvalue weighted by atomic mass is 10.2. The summed E-state index contributed by atoms with van der Waals surface area (Å²) >= 11 is 0. The van der Waals surface area contributed by atoms with E-state index in [1.54, 1.807) is 36.4 Å². The molecule has 6 heteroatoms. The van der Waals surface area contributed by atoms with E-state index in [1.165, 1.54) is 19.2 Å². The number of carbonyl (C=O) groups is 2. The maximum absolute atomic E-state index is 11.8. The van der Waals surface area contributed by atoms with Gasteiger partial charge in [0.25, 0.3) is 0 Å². The van der Waals surface area contributed by atoms with Gasteiger partial charge in [0.15, 0.2) is 0 Å². The monoisotopic (exact) mass is 286 g/mol. The first kappa shape index (κ1) is 14.4. The Bertz CT molecular complexity index is 653. The van der Waals surface area contributed by atoms with Crippen molar-refractivity contribution in [1.29, 1.82) is 0 Å². The summed E-state index contributed by atoms with van der Waals surface area (Å²) in [4.78, 5) is 23.0. The fraction of sp³-hybridized carbons (Fsp3) is 0.0667. The molecule has 0 saturated heterocycles. The number of aromatic hydroxyl groups is 1. The molecule has 0 aliphatic rings. The van der Waals surface area contributed by atoms with Gasteiger partial charge in [-0.25, -0.2) is 9.59 Å². The number of phenols is 1. The second-order valence-electron chi connectivity index (χ2n) is 4.20. The summed E-state index contributed by atoms with van der Waals surface area (Å²) in [5.41, 5.74) is 1.40. The fourth-order valence-electron chi connectivity index (χ4n) is 1.68. The summed E-state index contributed by atoms with van der Waals surface area (Å²) in [6.45, 7) is 0. The summed E-state index contributed by atoms with van der Waals surface area (Å²) < 4.78 is 4.59. The van der Waals surface area contributed by atoms with Gasteiger partial charge in [-0.05, 0) is 36.4 Å². The molecule has 0 unspecified atom stereocenters. The molecule has 2 amide bonds. The van der Waals surface area contributed by atoms with Crippen LogP contribution in [0.5, 0.6) is 5.75 Å². The van der Waals surface area contributed by atoms with E-state index in [0.717, 1.165) is 0 Å². The molecule has 0 aliphatic carbocycles. The van der Waals surface area contributed by atoms with Crippen molar-refractivity contribution in [3.05, 3.63) is 54.1 Å². The van der Waals surface area contributed by atoms with Crippen LogP contribution in [0.3, 0.4) is 0 Å². The van der Waals surface area contributed by atoms with Crippen molar-refractivity contribution in [2.75, 3.05) is 17.7 Å². The zero-order valence-electron chi connectivity index (χ0n) is 11.3. The van der Waals surface area contributed by atoms with Crippen molar-refractivity contribution in [2.45, 2.75) is 0 Å². The third-order valence-corrected chi connectivity index (χ3v) is 2.67. The summed E-state index contributed by atoms with van der Waals surface area (Å²) in [6.07, 6.45) is 0. The standard InChI is InChI=1S/C15H14N2O4/c1-21-14(19)10-5-7-11(8-6-10)16-15(20)17-12-3-2-4-13(18)9-12/h2-9,18H,1H3,(H2,16,17,20). The average Bonchev–Trinajstić information content (AvgIpc) is 2.47. The Morgan fingerprint density at radius 2 is 1.67 bits per heavy atom. The molecular weight excluding hydrogens is 272 g/mol. The molecule has 0 atom stereocenters. The molecule has 21 heavy (non-hydrogen) atoms. The second kappa shape index (κ2) is 6.42. The smallest absolute Gasteiger partial charge is 0.337 e. The number of benzene rings is 2.